The average molecular weight is 241 g/mol. The van der Waals surface area contributed by atoms with E-state index in [0.717, 1.165) is 6.20 Å². The minimum absolute atomic E-state index is 0.0126. The number of hydrogen-bond acceptors (Lipinski definition) is 4. The van der Waals surface area contributed by atoms with Gasteiger partial charge in [0.05, 0.1) is 18.5 Å². The Labute approximate surface area is 97.2 Å². The molecule has 0 atom stereocenters. The molecule has 1 aromatic heterocycles. The van der Waals surface area contributed by atoms with E-state index in [1.807, 2.05) is 0 Å². The van der Waals surface area contributed by atoms with Gasteiger partial charge in [-0.3, -0.25) is 9.78 Å². The van der Waals surface area contributed by atoms with Crippen molar-refractivity contribution < 1.29 is 18.7 Å². The van der Waals surface area contributed by atoms with Crippen LogP contribution < -0.4 is 10.6 Å². The number of hydrogen-bond donors (Lipinski definition) is 2. The fourth-order valence-electron chi connectivity index (χ4n) is 1.01. The van der Waals surface area contributed by atoms with Crippen LogP contribution in [-0.2, 0) is 9.53 Å². The number of esters is 1. The quantitative estimate of drug-likeness (QED) is 0.767. The Morgan fingerprint density at radius 2 is 2.29 bits per heavy atom. The Bertz CT molecular complexity index is 412. The summed E-state index contributed by atoms with van der Waals surface area (Å²) in [5.41, 5.74) is -0.0126. The van der Waals surface area contributed by atoms with Crippen molar-refractivity contribution in [3.8, 4) is 0 Å². The van der Waals surface area contributed by atoms with Gasteiger partial charge >= 0.3 is 12.0 Å². The van der Waals surface area contributed by atoms with E-state index in [2.05, 4.69) is 20.4 Å². The van der Waals surface area contributed by atoms with Crippen LogP contribution in [0.4, 0.5) is 14.9 Å². The molecule has 1 rings (SSSR count). The molecule has 0 aliphatic carbocycles. The molecule has 17 heavy (non-hydrogen) atoms. The maximum atomic E-state index is 13.1. The molecule has 0 aliphatic rings. The molecule has 0 unspecified atom stereocenters. The molecule has 7 heteroatoms. The highest BCUT2D eigenvalue weighted by Gasteiger charge is 2.08. The Balaban J connectivity index is 2.40. The van der Waals surface area contributed by atoms with Gasteiger partial charge in [0.15, 0.2) is 5.82 Å². The predicted molar refractivity (Wildman–Crippen MR) is 57.8 cm³/mol. The van der Waals surface area contributed by atoms with Gasteiger partial charge in [0.2, 0.25) is 0 Å². The molecule has 0 saturated carbocycles. The first-order valence-electron chi connectivity index (χ1n) is 4.93. The summed E-state index contributed by atoms with van der Waals surface area (Å²) in [5, 5.41) is 4.47. The van der Waals surface area contributed by atoms with E-state index in [4.69, 9.17) is 0 Å². The van der Waals surface area contributed by atoms with E-state index in [0.29, 0.717) is 0 Å². The number of ether oxygens (including phenoxy) is 1. The van der Waals surface area contributed by atoms with Gasteiger partial charge in [0.1, 0.15) is 6.54 Å². The molecule has 0 radical (unpaired) electrons. The van der Waals surface area contributed by atoms with Crippen molar-refractivity contribution in [1.29, 1.82) is 0 Å². The number of amides is 2. The summed E-state index contributed by atoms with van der Waals surface area (Å²) in [6.07, 6.45) is 2.31. The van der Waals surface area contributed by atoms with Gasteiger partial charge in [-0.05, 0) is 13.0 Å². The van der Waals surface area contributed by atoms with Crippen LogP contribution in [0.2, 0.25) is 0 Å². The minimum Gasteiger partial charge on any atom is -0.465 e. The molecule has 2 N–H and O–H groups in total. The number of anilines is 1. The van der Waals surface area contributed by atoms with E-state index >= 15 is 0 Å². The van der Waals surface area contributed by atoms with Gasteiger partial charge in [-0.25, -0.2) is 9.18 Å². The molecule has 1 heterocycles. The number of aromatic nitrogens is 1. The number of rotatable bonds is 4. The molecule has 0 bridgehead atoms. The summed E-state index contributed by atoms with van der Waals surface area (Å²) in [6.45, 7) is 1.62. The Morgan fingerprint density at radius 3 is 2.94 bits per heavy atom. The summed E-state index contributed by atoms with van der Waals surface area (Å²) >= 11 is 0. The van der Waals surface area contributed by atoms with Crippen LogP contribution in [0.5, 0.6) is 0 Å². The summed E-state index contributed by atoms with van der Waals surface area (Å²) in [4.78, 5) is 25.7. The van der Waals surface area contributed by atoms with Crippen molar-refractivity contribution in [2.45, 2.75) is 6.92 Å². The zero-order chi connectivity index (χ0) is 12.7. The Kier molecular flexibility index (Phi) is 4.86. The van der Waals surface area contributed by atoms with Gasteiger partial charge in [-0.2, -0.15) is 0 Å². The standard InChI is InChI=1S/C10H12FN3O3/c1-2-17-9(15)6-13-10(16)14-8-3-4-12-5-7(8)11/h3-5H,2,6H2,1H3,(H2,12,13,14,16). The monoisotopic (exact) mass is 241 g/mol. The van der Waals surface area contributed by atoms with Crippen LogP contribution in [0, 0.1) is 5.82 Å². The Hall–Kier alpha value is -2.18. The van der Waals surface area contributed by atoms with Gasteiger partial charge in [0, 0.05) is 6.20 Å². The molecule has 0 spiro atoms. The number of pyridine rings is 1. The number of carbonyl (C=O) groups excluding carboxylic acids is 2. The SMILES string of the molecule is CCOC(=O)CNC(=O)Nc1ccncc1F. The van der Waals surface area contributed by atoms with Crippen LogP contribution in [-0.4, -0.2) is 30.1 Å². The van der Waals surface area contributed by atoms with Crippen LogP contribution in [0.15, 0.2) is 18.5 Å². The second kappa shape index (κ2) is 6.41. The van der Waals surface area contributed by atoms with Crippen LogP contribution in [0.3, 0.4) is 0 Å². The lowest BCUT2D eigenvalue weighted by Gasteiger charge is -2.07. The third-order valence-corrected chi connectivity index (χ3v) is 1.72. The number of nitrogens with zero attached hydrogens (tertiary/aromatic N) is 1. The molecular formula is C10H12FN3O3. The topological polar surface area (TPSA) is 80.3 Å². The highest BCUT2D eigenvalue weighted by molar-refractivity contribution is 5.91. The third kappa shape index (κ3) is 4.45. The van der Waals surface area contributed by atoms with Crippen molar-refractivity contribution in [2.75, 3.05) is 18.5 Å². The lowest BCUT2D eigenvalue weighted by atomic mass is 10.4. The molecule has 0 aliphatic heterocycles. The van der Waals surface area contributed by atoms with E-state index in [1.165, 1.54) is 12.3 Å². The molecule has 0 saturated heterocycles. The highest BCUT2D eigenvalue weighted by atomic mass is 19.1. The summed E-state index contributed by atoms with van der Waals surface area (Å²) in [6, 6.07) is 0.613. The average Bonchev–Trinajstić information content (AvgIpc) is 2.30. The van der Waals surface area contributed by atoms with Crippen LogP contribution in [0.25, 0.3) is 0 Å². The predicted octanol–water partition coefficient (Wildman–Crippen LogP) is 0.905. The fraction of sp³-hybridized carbons (Fsp3) is 0.300. The van der Waals surface area contributed by atoms with Crippen molar-refractivity contribution >= 4 is 17.7 Å². The number of carbonyl (C=O) groups is 2. The molecule has 1 aromatic rings. The third-order valence-electron chi connectivity index (χ3n) is 1.72. The zero-order valence-corrected chi connectivity index (χ0v) is 9.20. The van der Waals surface area contributed by atoms with Crippen molar-refractivity contribution in [2.24, 2.45) is 0 Å². The number of urea groups is 1. The summed E-state index contributed by atoms with van der Waals surface area (Å²) in [7, 11) is 0. The molecule has 2 amide bonds. The normalized spacial score (nSPS) is 9.53. The first kappa shape index (κ1) is 12.9. The van der Waals surface area contributed by atoms with E-state index < -0.39 is 17.8 Å². The molecule has 0 fully saturated rings. The highest BCUT2D eigenvalue weighted by Crippen LogP contribution is 2.09. The van der Waals surface area contributed by atoms with Gasteiger partial charge in [-0.15, -0.1) is 0 Å². The Morgan fingerprint density at radius 1 is 1.53 bits per heavy atom. The number of halogens is 1. The van der Waals surface area contributed by atoms with Gasteiger partial charge in [0.25, 0.3) is 0 Å². The van der Waals surface area contributed by atoms with E-state index in [1.54, 1.807) is 6.92 Å². The molecule has 6 nitrogen and oxygen atoms in total. The first-order valence-corrected chi connectivity index (χ1v) is 4.93. The van der Waals surface area contributed by atoms with Crippen molar-refractivity contribution in [1.82, 2.24) is 10.3 Å². The maximum absolute atomic E-state index is 13.1. The van der Waals surface area contributed by atoms with Gasteiger partial charge in [-0.1, -0.05) is 0 Å². The summed E-state index contributed by atoms with van der Waals surface area (Å²) < 4.78 is 17.7. The van der Waals surface area contributed by atoms with Crippen LogP contribution in [0.1, 0.15) is 6.92 Å². The second-order valence-corrected chi connectivity index (χ2v) is 2.97. The minimum atomic E-state index is -0.692. The lowest BCUT2D eigenvalue weighted by Crippen LogP contribution is -2.34. The molecule has 92 valence electrons. The van der Waals surface area contributed by atoms with E-state index in [9.17, 15) is 14.0 Å². The van der Waals surface area contributed by atoms with Crippen molar-refractivity contribution in [3.05, 3.63) is 24.3 Å². The van der Waals surface area contributed by atoms with E-state index in [-0.39, 0.29) is 18.8 Å². The molecular weight excluding hydrogens is 229 g/mol. The van der Waals surface area contributed by atoms with Gasteiger partial charge < -0.3 is 15.4 Å². The first-order chi connectivity index (χ1) is 8.13. The van der Waals surface area contributed by atoms with Crippen LogP contribution >= 0.6 is 0 Å². The smallest absolute Gasteiger partial charge is 0.325 e. The maximum Gasteiger partial charge on any atom is 0.325 e. The lowest BCUT2D eigenvalue weighted by molar-refractivity contribution is -0.141. The summed E-state index contributed by atoms with van der Waals surface area (Å²) in [5.74, 6) is -1.21. The molecule has 0 aromatic carbocycles. The fourth-order valence-corrected chi connectivity index (χ4v) is 1.01. The second-order valence-electron chi connectivity index (χ2n) is 2.97. The number of nitrogens with one attached hydrogen (secondary N) is 2. The zero-order valence-electron chi connectivity index (χ0n) is 9.20. The largest absolute Gasteiger partial charge is 0.465 e. The van der Waals surface area contributed by atoms with Crippen molar-refractivity contribution in [3.63, 3.8) is 0 Å².